The molecule has 2 heterocycles. The summed E-state index contributed by atoms with van der Waals surface area (Å²) in [5, 5.41) is 10.4. The van der Waals surface area contributed by atoms with Crippen LogP contribution in [0, 0.1) is 0 Å². The molecule has 4 rings (SSSR count). The normalized spacial score (nSPS) is 17.5. The minimum absolute atomic E-state index is 0.0936. The van der Waals surface area contributed by atoms with E-state index in [4.69, 9.17) is 4.74 Å². The van der Waals surface area contributed by atoms with Crippen LogP contribution in [0.15, 0.2) is 53.8 Å². The molecule has 0 amide bonds. The molecule has 2 aliphatic rings. The van der Waals surface area contributed by atoms with Gasteiger partial charge in [-0.25, -0.2) is 0 Å². The Morgan fingerprint density at radius 3 is 2.25 bits per heavy atom. The summed E-state index contributed by atoms with van der Waals surface area (Å²) >= 11 is 0. The number of allylic oxidation sites excluding steroid dienone is 2. The van der Waals surface area contributed by atoms with Crippen LogP contribution in [-0.2, 0) is 13.1 Å². The Balaban J connectivity index is 1.44. The maximum atomic E-state index is 12.5. The fourth-order valence-corrected chi connectivity index (χ4v) is 3.84. The molecule has 28 heavy (non-hydrogen) atoms. The van der Waals surface area contributed by atoms with E-state index >= 15 is 0 Å². The molecule has 0 aliphatic carbocycles. The first-order valence-electron chi connectivity index (χ1n) is 9.76. The lowest BCUT2D eigenvalue weighted by Crippen LogP contribution is -2.45. The summed E-state index contributed by atoms with van der Waals surface area (Å²) in [5.41, 5.74) is 3.43. The van der Waals surface area contributed by atoms with Crippen molar-refractivity contribution in [1.82, 2.24) is 9.80 Å². The highest BCUT2D eigenvalue weighted by Gasteiger charge is 2.32. The highest BCUT2D eigenvalue weighted by atomic mass is 16.5. The molecule has 1 N–H and O–H groups in total. The van der Waals surface area contributed by atoms with Crippen LogP contribution in [0.4, 0.5) is 0 Å². The van der Waals surface area contributed by atoms with Gasteiger partial charge in [-0.2, -0.15) is 0 Å². The molecule has 0 radical (unpaired) electrons. The van der Waals surface area contributed by atoms with Gasteiger partial charge in [-0.05, 0) is 37.1 Å². The molecule has 0 aromatic heterocycles. The number of aromatic hydroxyl groups is 1. The van der Waals surface area contributed by atoms with Gasteiger partial charge in [0.1, 0.15) is 11.5 Å². The van der Waals surface area contributed by atoms with Crippen molar-refractivity contribution in [3.8, 4) is 11.5 Å². The average molecular weight is 378 g/mol. The number of ketones is 1. The number of hydrogen-bond donors (Lipinski definition) is 1. The molecule has 2 aliphatic heterocycles. The second-order valence-electron chi connectivity index (χ2n) is 7.74. The van der Waals surface area contributed by atoms with E-state index in [1.807, 2.05) is 19.9 Å². The van der Waals surface area contributed by atoms with E-state index in [0.29, 0.717) is 29.2 Å². The molecule has 5 heteroatoms. The van der Waals surface area contributed by atoms with Crippen molar-refractivity contribution in [2.24, 2.45) is 0 Å². The molecule has 0 spiro atoms. The quantitative estimate of drug-likeness (QED) is 0.824. The third-order valence-electron chi connectivity index (χ3n) is 5.44. The predicted molar refractivity (Wildman–Crippen MR) is 108 cm³/mol. The van der Waals surface area contributed by atoms with Crippen molar-refractivity contribution >= 4 is 5.78 Å². The second kappa shape index (κ2) is 7.78. The molecule has 0 bridgehead atoms. The first-order valence-corrected chi connectivity index (χ1v) is 9.76. The number of fused-ring (bicyclic) bond motifs is 1. The van der Waals surface area contributed by atoms with Crippen LogP contribution in [-0.4, -0.2) is 46.9 Å². The number of rotatable bonds is 4. The van der Waals surface area contributed by atoms with Crippen molar-refractivity contribution in [3.63, 3.8) is 0 Å². The fourth-order valence-electron chi connectivity index (χ4n) is 3.84. The third-order valence-corrected chi connectivity index (χ3v) is 5.44. The predicted octanol–water partition coefficient (Wildman–Crippen LogP) is 3.58. The number of benzene rings is 2. The van der Waals surface area contributed by atoms with Gasteiger partial charge in [-0.3, -0.25) is 14.6 Å². The molecular weight excluding hydrogens is 352 g/mol. The number of phenols is 1. The van der Waals surface area contributed by atoms with Crippen molar-refractivity contribution < 1.29 is 14.6 Å². The molecule has 2 aromatic carbocycles. The van der Waals surface area contributed by atoms with Gasteiger partial charge in [0.25, 0.3) is 0 Å². The molecular formula is C23H26N2O3. The molecule has 0 saturated carbocycles. The van der Waals surface area contributed by atoms with Crippen LogP contribution in [0.25, 0.3) is 0 Å². The Kier molecular flexibility index (Phi) is 5.20. The Bertz CT molecular complexity index is 909. The van der Waals surface area contributed by atoms with Gasteiger partial charge in [0, 0.05) is 39.3 Å². The number of nitrogens with zero attached hydrogens (tertiary/aromatic N) is 2. The number of ether oxygens (including phenoxy) is 1. The molecule has 146 valence electrons. The third kappa shape index (κ3) is 3.68. The Hall–Kier alpha value is -2.63. The van der Waals surface area contributed by atoms with Crippen LogP contribution in [0.5, 0.6) is 11.5 Å². The minimum Gasteiger partial charge on any atom is -0.507 e. The van der Waals surface area contributed by atoms with Gasteiger partial charge in [-0.1, -0.05) is 30.3 Å². The second-order valence-corrected chi connectivity index (χ2v) is 7.74. The number of Topliss-reactive ketones (excluding diaryl/α,β-unsaturated/α-hetero) is 1. The highest BCUT2D eigenvalue weighted by molar-refractivity contribution is 6.13. The Morgan fingerprint density at radius 2 is 1.61 bits per heavy atom. The lowest BCUT2D eigenvalue weighted by atomic mass is 10.0. The maximum absolute atomic E-state index is 12.5. The van der Waals surface area contributed by atoms with Gasteiger partial charge < -0.3 is 9.84 Å². The van der Waals surface area contributed by atoms with Crippen LogP contribution >= 0.6 is 0 Å². The standard InChI is InChI=1S/C23H26N2O3/c1-16(2)22-21(27)18-8-9-20(26)19(23(18)28-22)15-25-12-10-24(11-13-25)14-17-6-4-3-5-7-17/h3-9,26H,10-15H2,1-2H3. The summed E-state index contributed by atoms with van der Waals surface area (Å²) in [4.78, 5) is 17.3. The van der Waals surface area contributed by atoms with Gasteiger partial charge >= 0.3 is 0 Å². The summed E-state index contributed by atoms with van der Waals surface area (Å²) < 4.78 is 5.87. The van der Waals surface area contributed by atoms with Crippen LogP contribution in [0.3, 0.4) is 0 Å². The fraction of sp³-hybridized carbons (Fsp3) is 0.348. The average Bonchev–Trinajstić information content (AvgIpc) is 3.03. The molecule has 1 saturated heterocycles. The number of hydrogen-bond acceptors (Lipinski definition) is 5. The molecule has 2 aromatic rings. The summed E-state index contributed by atoms with van der Waals surface area (Å²) in [7, 11) is 0. The topological polar surface area (TPSA) is 53.0 Å². The summed E-state index contributed by atoms with van der Waals surface area (Å²) in [6, 6.07) is 13.8. The zero-order chi connectivity index (χ0) is 19.7. The summed E-state index contributed by atoms with van der Waals surface area (Å²) in [6.45, 7) is 9.06. The number of carbonyl (C=O) groups is 1. The lowest BCUT2D eigenvalue weighted by molar-refractivity contribution is 0.101. The summed E-state index contributed by atoms with van der Waals surface area (Å²) in [6.07, 6.45) is 0. The van der Waals surface area contributed by atoms with E-state index in [1.54, 1.807) is 12.1 Å². The number of carbonyl (C=O) groups excluding carboxylic acids is 1. The zero-order valence-electron chi connectivity index (χ0n) is 16.4. The first-order chi connectivity index (χ1) is 13.5. The largest absolute Gasteiger partial charge is 0.507 e. The van der Waals surface area contributed by atoms with Crippen LogP contribution < -0.4 is 4.74 Å². The number of piperazine rings is 1. The van der Waals surface area contributed by atoms with Crippen molar-refractivity contribution in [2.75, 3.05) is 26.2 Å². The van der Waals surface area contributed by atoms with Crippen LogP contribution in [0.1, 0.15) is 35.3 Å². The van der Waals surface area contributed by atoms with Crippen molar-refractivity contribution in [2.45, 2.75) is 26.9 Å². The van der Waals surface area contributed by atoms with Gasteiger partial charge in [-0.15, -0.1) is 0 Å². The van der Waals surface area contributed by atoms with Gasteiger partial charge in [0.05, 0.1) is 11.1 Å². The maximum Gasteiger partial charge on any atom is 0.231 e. The van der Waals surface area contributed by atoms with E-state index in [9.17, 15) is 9.90 Å². The smallest absolute Gasteiger partial charge is 0.231 e. The minimum atomic E-state index is -0.0936. The van der Waals surface area contributed by atoms with E-state index < -0.39 is 0 Å². The van der Waals surface area contributed by atoms with E-state index in [-0.39, 0.29) is 11.5 Å². The highest BCUT2D eigenvalue weighted by Crippen LogP contribution is 2.40. The van der Waals surface area contributed by atoms with E-state index in [0.717, 1.165) is 38.3 Å². The van der Waals surface area contributed by atoms with E-state index in [1.165, 1.54) is 5.56 Å². The van der Waals surface area contributed by atoms with Gasteiger partial charge in [0.15, 0.2) is 5.76 Å². The van der Waals surface area contributed by atoms with Gasteiger partial charge in [0.2, 0.25) is 5.78 Å². The monoisotopic (exact) mass is 378 g/mol. The van der Waals surface area contributed by atoms with Crippen LogP contribution in [0.2, 0.25) is 0 Å². The Labute approximate surface area is 165 Å². The zero-order valence-corrected chi connectivity index (χ0v) is 16.4. The number of phenolic OH excluding ortho intramolecular Hbond substituents is 1. The SMILES string of the molecule is CC(C)=C1Oc2c(ccc(O)c2CN2CCN(Cc3ccccc3)CC2)C1=O. The molecule has 1 fully saturated rings. The van der Waals surface area contributed by atoms with Crippen molar-refractivity contribution in [3.05, 3.63) is 70.5 Å². The lowest BCUT2D eigenvalue weighted by Gasteiger charge is -2.35. The first kappa shape index (κ1) is 18.7. The van der Waals surface area contributed by atoms with E-state index in [2.05, 4.69) is 34.1 Å². The Morgan fingerprint density at radius 1 is 0.964 bits per heavy atom. The summed E-state index contributed by atoms with van der Waals surface area (Å²) in [5.74, 6) is 1.000. The van der Waals surface area contributed by atoms with Crippen molar-refractivity contribution in [1.29, 1.82) is 0 Å². The molecule has 5 nitrogen and oxygen atoms in total. The molecule has 0 atom stereocenters. The molecule has 0 unspecified atom stereocenters.